The fourth-order valence-corrected chi connectivity index (χ4v) is 2.60. The van der Waals surface area contributed by atoms with Gasteiger partial charge in [0.25, 0.3) is 5.91 Å². The van der Waals surface area contributed by atoms with Gasteiger partial charge in [-0.1, -0.05) is 12.1 Å². The molecule has 0 saturated carbocycles. The molecule has 0 spiro atoms. The number of fused-ring (bicyclic) bond motifs is 2. The van der Waals surface area contributed by atoms with Crippen molar-refractivity contribution in [3.05, 3.63) is 66.5 Å². The predicted molar refractivity (Wildman–Crippen MR) is 84.6 cm³/mol. The summed E-state index contributed by atoms with van der Waals surface area (Å²) in [4.78, 5) is 18.7. The Kier molecular flexibility index (Phi) is 2.54. The lowest BCUT2D eigenvalue weighted by atomic mass is 10.1. The average molecular weight is 275 g/mol. The highest BCUT2D eigenvalue weighted by Crippen LogP contribution is 2.21. The van der Waals surface area contributed by atoms with E-state index in [2.05, 4.69) is 15.3 Å². The summed E-state index contributed by atoms with van der Waals surface area (Å²) in [5, 5.41) is 5.06. The first-order chi connectivity index (χ1) is 10.3. The predicted octanol–water partition coefficient (Wildman–Crippen LogP) is 3.90. The molecular weight excluding hydrogens is 262 g/mol. The molecule has 4 nitrogen and oxygen atoms in total. The molecule has 4 aromatic rings. The summed E-state index contributed by atoms with van der Waals surface area (Å²) in [6.45, 7) is 0. The van der Waals surface area contributed by atoms with Gasteiger partial charge in [0.05, 0.1) is 11.1 Å². The van der Waals surface area contributed by atoms with Crippen molar-refractivity contribution in [3.8, 4) is 0 Å². The van der Waals surface area contributed by atoms with Gasteiger partial charge in [-0.3, -0.25) is 4.79 Å². The zero-order valence-corrected chi connectivity index (χ0v) is 11.2. The maximum Gasteiger partial charge on any atom is 0.257 e. The second kappa shape index (κ2) is 4.52. The molecule has 0 aliphatic carbocycles. The maximum atomic E-state index is 12.5. The number of hydrogen-bond acceptors (Lipinski definition) is 1. The van der Waals surface area contributed by atoms with Gasteiger partial charge in [-0.05, 0) is 36.4 Å². The molecule has 0 radical (unpaired) electrons. The molecule has 0 unspecified atom stereocenters. The third kappa shape index (κ3) is 1.97. The molecule has 3 N–H and O–H groups in total. The van der Waals surface area contributed by atoms with Crippen LogP contribution in [0.3, 0.4) is 0 Å². The first kappa shape index (κ1) is 11.8. The standard InChI is InChI=1S/C17H13N3O/c21-17(14-3-1-2-11-6-9-19-16(11)14)20-13-4-5-15-12(10-13)7-8-18-15/h1-10,18-19H,(H,20,21). The number of benzene rings is 2. The average Bonchev–Trinajstić information content (AvgIpc) is 3.14. The highest BCUT2D eigenvalue weighted by atomic mass is 16.1. The van der Waals surface area contributed by atoms with E-state index < -0.39 is 0 Å². The molecule has 1 amide bonds. The van der Waals surface area contributed by atoms with Crippen molar-refractivity contribution in [2.45, 2.75) is 0 Å². The Hall–Kier alpha value is -3.01. The summed E-state index contributed by atoms with van der Waals surface area (Å²) in [5.74, 6) is -0.113. The molecule has 0 aliphatic heterocycles. The van der Waals surface area contributed by atoms with Crippen LogP contribution in [0, 0.1) is 0 Å². The van der Waals surface area contributed by atoms with Crippen molar-refractivity contribution < 1.29 is 4.79 Å². The van der Waals surface area contributed by atoms with Crippen molar-refractivity contribution in [3.63, 3.8) is 0 Å². The van der Waals surface area contributed by atoms with Gasteiger partial charge in [-0.15, -0.1) is 0 Å². The molecule has 21 heavy (non-hydrogen) atoms. The largest absolute Gasteiger partial charge is 0.361 e. The zero-order valence-electron chi connectivity index (χ0n) is 11.2. The molecule has 4 rings (SSSR count). The van der Waals surface area contributed by atoms with Crippen LogP contribution in [-0.4, -0.2) is 15.9 Å². The lowest BCUT2D eigenvalue weighted by Gasteiger charge is -2.06. The van der Waals surface area contributed by atoms with Gasteiger partial charge in [-0.2, -0.15) is 0 Å². The highest BCUT2D eigenvalue weighted by Gasteiger charge is 2.11. The summed E-state index contributed by atoms with van der Waals surface area (Å²) in [7, 11) is 0. The first-order valence-corrected chi connectivity index (χ1v) is 6.76. The smallest absolute Gasteiger partial charge is 0.257 e. The van der Waals surface area contributed by atoms with Gasteiger partial charge >= 0.3 is 0 Å². The van der Waals surface area contributed by atoms with Gasteiger partial charge in [-0.25, -0.2) is 0 Å². The van der Waals surface area contributed by atoms with E-state index in [0.717, 1.165) is 27.5 Å². The topological polar surface area (TPSA) is 60.7 Å². The number of carbonyl (C=O) groups excluding carboxylic acids is 1. The lowest BCUT2D eigenvalue weighted by Crippen LogP contribution is -2.12. The van der Waals surface area contributed by atoms with Gasteiger partial charge < -0.3 is 15.3 Å². The number of hydrogen-bond donors (Lipinski definition) is 3. The van der Waals surface area contributed by atoms with E-state index in [1.807, 2.05) is 60.9 Å². The molecule has 0 bridgehead atoms. The van der Waals surface area contributed by atoms with E-state index in [1.54, 1.807) is 0 Å². The van der Waals surface area contributed by atoms with Crippen LogP contribution in [0.1, 0.15) is 10.4 Å². The molecule has 0 saturated heterocycles. The SMILES string of the molecule is O=C(Nc1ccc2[nH]ccc2c1)c1cccc2cc[nH]c12. The third-order valence-corrected chi connectivity index (χ3v) is 3.64. The summed E-state index contributed by atoms with van der Waals surface area (Å²) in [5.41, 5.74) is 3.35. The number of aromatic amines is 2. The summed E-state index contributed by atoms with van der Waals surface area (Å²) < 4.78 is 0. The van der Waals surface area contributed by atoms with Crippen LogP contribution in [-0.2, 0) is 0 Å². The van der Waals surface area contributed by atoms with E-state index in [4.69, 9.17) is 0 Å². The molecule has 0 fully saturated rings. The molecule has 0 aliphatic rings. The lowest BCUT2D eigenvalue weighted by molar-refractivity contribution is 0.102. The minimum atomic E-state index is -0.113. The minimum absolute atomic E-state index is 0.113. The third-order valence-electron chi connectivity index (χ3n) is 3.64. The zero-order chi connectivity index (χ0) is 14.2. The molecule has 2 heterocycles. The number of anilines is 1. The number of aromatic nitrogens is 2. The molecule has 0 atom stereocenters. The summed E-state index contributed by atoms with van der Waals surface area (Å²) >= 11 is 0. The Morgan fingerprint density at radius 1 is 0.905 bits per heavy atom. The molecular formula is C17H13N3O. The summed E-state index contributed by atoms with van der Waals surface area (Å²) in [6, 6.07) is 15.4. The second-order valence-corrected chi connectivity index (χ2v) is 4.98. The van der Waals surface area contributed by atoms with Crippen molar-refractivity contribution >= 4 is 33.4 Å². The Labute approximate surface area is 120 Å². The number of amides is 1. The van der Waals surface area contributed by atoms with Crippen LogP contribution < -0.4 is 5.32 Å². The van der Waals surface area contributed by atoms with Crippen LogP contribution in [0.4, 0.5) is 5.69 Å². The molecule has 102 valence electrons. The molecule has 2 aromatic carbocycles. The van der Waals surface area contributed by atoms with E-state index in [0.29, 0.717) is 5.56 Å². The first-order valence-electron chi connectivity index (χ1n) is 6.76. The van der Waals surface area contributed by atoms with Gasteiger partial charge in [0, 0.05) is 34.4 Å². The number of carbonyl (C=O) groups is 1. The normalized spacial score (nSPS) is 11.0. The monoisotopic (exact) mass is 275 g/mol. The van der Waals surface area contributed by atoms with E-state index in [9.17, 15) is 4.79 Å². The van der Waals surface area contributed by atoms with Crippen LogP contribution in [0.2, 0.25) is 0 Å². The van der Waals surface area contributed by atoms with Crippen molar-refractivity contribution in [1.29, 1.82) is 0 Å². The van der Waals surface area contributed by atoms with E-state index >= 15 is 0 Å². The Balaban J connectivity index is 1.70. The van der Waals surface area contributed by atoms with Gasteiger partial charge in [0.1, 0.15) is 0 Å². The van der Waals surface area contributed by atoms with Crippen molar-refractivity contribution in [2.24, 2.45) is 0 Å². The second-order valence-electron chi connectivity index (χ2n) is 4.98. The van der Waals surface area contributed by atoms with Crippen molar-refractivity contribution in [2.75, 3.05) is 5.32 Å². The molecule has 4 heteroatoms. The Bertz CT molecular complexity index is 949. The number of nitrogens with one attached hydrogen (secondary N) is 3. The minimum Gasteiger partial charge on any atom is -0.361 e. The number of rotatable bonds is 2. The van der Waals surface area contributed by atoms with Crippen LogP contribution in [0.15, 0.2) is 60.9 Å². The highest BCUT2D eigenvalue weighted by molar-refractivity contribution is 6.12. The Morgan fingerprint density at radius 3 is 2.71 bits per heavy atom. The number of para-hydroxylation sites is 1. The summed E-state index contributed by atoms with van der Waals surface area (Å²) in [6.07, 6.45) is 3.73. The number of H-pyrrole nitrogens is 2. The fraction of sp³-hybridized carbons (Fsp3) is 0. The van der Waals surface area contributed by atoms with Crippen LogP contribution in [0.25, 0.3) is 21.8 Å². The molecule has 2 aromatic heterocycles. The van der Waals surface area contributed by atoms with Crippen molar-refractivity contribution in [1.82, 2.24) is 9.97 Å². The van der Waals surface area contributed by atoms with E-state index in [1.165, 1.54) is 0 Å². The van der Waals surface area contributed by atoms with Crippen LogP contribution >= 0.6 is 0 Å². The van der Waals surface area contributed by atoms with Crippen LogP contribution in [0.5, 0.6) is 0 Å². The maximum absolute atomic E-state index is 12.5. The quantitative estimate of drug-likeness (QED) is 0.510. The fourth-order valence-electron chi connectivity index (χ4n) is 2.60. The van der Waals surface area contributed by atoms with E-state index in [-0.39, 0.29) is 5.91 Å². The Morgan fingerprint density at radius 2 is 1.76 bits per heavy atom. The van der Waals surface area contributed by atoms with Gasteiger partial charge in [0.2, 0.25) is 0 Å². The van der Waals surface area contributed by atoms with Gasteiger partial charge in [0.15, 0.2) is 0 Å².